The summed E-state index contributed by atoms with van der Waals surface area (Å²) in [5, 5.41) is 6.18. The van der Waals surface area contributed by atoms with E-state index in [0.29, 0.717) is 31.6 Å². The molecule has 0 unspecified atom stereocenters. The first-order chi connectivity index (χ1) is 15.9. The average molecular weight is 550 g/mol. The van der Waals surface area contributed by atoms with E-state index < -0.39 is 0 Å². The number of imide groups is 1. The average Bonchev–Trinajstić information content (AvgIpc) is 3.48. The van der Waals surface area contributed by atoms with Gasteiger partial charge in [0.2, 0.25) is 0 Å². The predicted molar refractivity (Wildman–Crippen MR) is 129 cm³/mol. The van der Waals surface area contributed by atoms with E-state index in [2.05, 4.69) is 33.2 Å². The molecule has 0 N–H and O–H groups in total. The zero-order valence-electron chi connectivity index (χ0n) is 17.5. The molecule has 5 rings (SSSR count). The van der Waals surface area contributed by atoms with Crippen LogP contribution in [0.15, 0.2) is 52.1 Å². The lowest BCUT2D eigenvalue weighted by molar-refractivity contribution is -0.140. The number of nitrogens with zero attached hydrogens (tertiary/aromatic N) is 2. The van der Waals surface area contributed by atoms with Gasteiger partial charge in [-0.05, 0) is 69.6 Å². The molecule has 2 fully saturated rings. The van der Waals surface area contributed by atoms with Crippen molar-refractivity contribution in [3.8, 4) is 11.5 Å². The largest absolute Gasteiger partial charge is 0.493 e. The molecule has 1 aliphatic heterocycles. The molecule has 2 aromatic carbocycles. The lowest BCUT2D eigenvalue weighted by atomic mass is 9.85. The summed E-state index contributed by atoms with van der Waals surface area (Å²) in [5.41, 5.74) is 1.50. The Morgan fingerprint density at radius 2 is 1.79 bits per heavy atom. The minimum Gasteiger partial charge on any atom is -0.493 e. The van der Waals surface area contributed by atoms with Gasteiger partial charge in [-0.2, -0.15) is 10.1 Å². The van der Waals surface area contributed by atoms with E-state index in [4.69, 9.17) is 32.7 Å². The number of fused-ring (bicyclic) bond motifs is 5. The highest BCUT2D eigenvalue weighted by molar-refractivity contribution is 9.10. The SMILES string of the molecule is COc1cc(C=NN2C(=O)[C@@H]3[C@H](C2=O)[C@H]2C=C[C@H]3C2)cc(Br)c1OCc1ccc(Cl)c(Cl)c1. The van der Waals surface area contributed by atoms with Crippen LogP contribution in [0.3, 0.4) is 0 Å². The van der Waals surface area contributed by atoms with Gasteiger partial charge in [0.05, 0.1) is 39.7 Å². The van der Waals surface area contributed by atoms with Gasteiger partial charge in [-0.3, -0.25) is 9.59 Å². The summed E-state index contributed by atoms with van der Waals surface area (Å²) in [4.78, 5) is 25.6. The minimum absolute atomic E-state index is 0.151. The van der Waals surface area contributed by atoms with Crippen molar-refractivity contribution in [2.75, 3.05) is 7.11 Å². The molecule has 0 radical (unpaired) electrons. The number of hydrogen-bond donors (Lipinski definition) is 0. The molecular formula is C24H19BrCl2N2O4. The molecule has 2 aliphatic carbocycles. The molecule has 4 atom stereocenters. The van der Waals surface area contributed by atoms with Crippen LogP contribution < -0.4 is 9.47 Å². The molecule has 1 saturated heterocycles. The van der Waals surface area contributed by atoms with Crippen LogP contribution in [0, 0.1) is 23.7 Å². The Hall–Kier alpha value is -2.35. The summed E-state index contributed by atoms with van der Waals surface area (Å²) >= 11 is 15.6. The number of rotatable bonds is 6. The molecule has 1 saturated carbocycles. The van der Waals surface area contributed by atoms with Crippen LogP contribution in [0.25, 0.3) is 0 Å². The van der Waals surface area contributed by atoms with Crippen LogP contribution in [0.2, 0.25) is 10.0 Å². The maximum Gasteiger partial charge on any atom is 0.254 e. The normalized spacial score (nSPS) is 25.4. The van der Waals surface area contributed by atoms with Crippen LogP contribution in [0.1, 0.15) is 17.5 Å². The molecule has 2 bridgehead atoms. The second kappa shape index (κ2) is 8.78. The number of halogens is 3. The monoisotopic (exact) mass is 548 g/mol. The van der Waals surface area contributed by atoms with Crippen LogP contribution in [-0.4, -0.2) is 30.1 Å². The Balaban J connectivity index is 1.33. The van der Waals surface area contributed by atoms with Crippen LogP contribution in [0.4, 0.5) is 0 Å². The number of amides is 2. The number of benzene rings is 2. The predicted octanol–water partition coefficient (Wildman–Crippen LogP) is 5.48. The van der Waals surface area contributed by atoms with Crippen molar-refractivity contribution >= 4 is 57.2 Å². The molecule has 6 nitrogen and oxygen atoms in total. The van der Waals surface area contributed by atoms with Crippen molar-refractivity contribution in [2.24, 2.45) is 28.8 Å². The summed E-state index contributed by atoms with van der Waals surface area (Å²) in [6.45, 7) is 0.259. The molecule has 33 heavy (non-hydrogen) atoms. The van der Waals surface area contributed by atoms with E-state index in [1.54, 1.807) is 24.3 Å². The third-order valence-corrected chi connectivity index (χ3v) is 7.72. The molecule has 2 amide bonds. The van der Waals surface area contributed by atoms with Crippen molar-refractivity contribution in [3.05, 3.63) is 68.1 Å². The van der Waals surface area contributed by atoms with E-state index >= 15 is 0 Å². The summed E-state index contributed by atoms with van der Waals surface area (Å²) in [7, 11) is 1.53. The van der Waals surface area contributed by atoms with Crippen molar-refractivity contribution in [1.82, 2.24) is 5.01 Å². The first-order valence-electron chi connectivity index (χ1n) is 10.4. The maximum atomic E-state index is 12.8. The molecule has 2 aromatic rings. The van der Waals surface area contributed by atoms with Gasteiger partial charge < -0.3 is 9.47 Å². The number of allylic oxidation sites excluding steroid dienone is 2. The van der Waals surface area contributed by atoms with Crippen LogP contribution in [-0.2, 0) is 16.2 Å². The number of hydrogen-bond acceptors (Lipinski definition) is 5. The lowest BCUT2D eigenvalue weighted by Crippen LogP contribution is -2.28. The first kappa shape index (κ1) is 22.4. The van der Waals surface area contributed by atoms with Gasteiger partial charge in [0.25, 0.3) is 11.8 Å². The van der Waals surface area contributed by atoms with Crippen molar-refractivity contribution in [3.63, 3.8) is 0 Å². The molecule has 1 heterocycles. The number of ether oxygens (including phenoxy) is 2. The minimum atomic E-state index is -0.275. The Labute approximate surface area is 209 Å². The highest BCUT2D eigenvalue weighted by atomic mass is 79.9. The quantitative estimate of drug-likeness (QED) is 0.271. The fourth-order valence-electron chi connectivity index (χ4n) is 4.86. The fraction of sp³-hybridized carbons (Fsp3) is 0.292. The summed E-state index contributed by atoms with van der Waals surface area (Å²) in [6.07, 6.45) is 6.49. The standard InChI is InChI=1S/C24H19BrCl2N2O4/c1-32-19-8-13(6-16(25)22(19)33-11-12-2-5-17(26)18(27)7-12)10-28-29-23(30)20-14-3-4-15(9-14)21(20)24(29)31/h2-8,10,14-15,20-21H,9,11H2,1H3/t14-,15-,20-,21+/m0/s1. The van der Waals surface area contributed by atoms with E-state index in [0.717, 1.165) is 17.0 Å². The molecular weight excluding hydrogens is 531 g/mol. The highest BCUT2D eigenvalue weighted by Crippen LogP contribution is 2.52. The van der Waals surface area contributed by atoms with Gasteiger partial charge in [0.15, 0.2) is 11.5 Å². The number of hydrazone groups is 1. The van der Waals surface area contributed by atoms with Crippen molar-refractivity contribution in [2.45, 2.75) is 13.0 Å². The second-order valence-electron chi connectivity index (χ2n) is 8.30. The second-order valence-corrected chi connectivity index (χ2v) is 9.97. The van der Waals surface area contributed by atoms with Gasteiger partial charge >= 0.3 is 0 Å². The first-order valence-corrected chi connectivity index (χ1v) is 12.0. The molecule has 3 aliphatic rings. The van der Waals surface area contributed by atoms with Gasteiger partial charge in [0, 0.05) is 0 Å². The molecule has 170 valence electrons. The number of carbonyl (C=O) groups excluding carboxylic acids is 2. The van der Waals surface area contributed by atoms with Crippen LogP contribution >= 0.6 is 39.1 Å². The molecule has 0 aromatic heterocycles. The van der Waals surface area contributed by atoms with Gasteiger partial charge in [-0.1, -0.05) is 41.4 Å². The number of carbonyl (C=O) groups is 2. The molecule has 0 spiro atoms. The Morgan fingerprint density at radius 1 is 1.09 bits per heavy atom. The maximum absolute atomic E-state index is 12.8. The van der Waals surface area contributed by atoms with Crippen molar-refractivity contribution in [1.29, 1.82) is 0 Å². The van der Waals surface area contributed by atoms with Gasteiger partial charge in [0.1, 0.15) is 6.61 Å². The Bertz CT molecular complexity index is 1190. The fourth-order valence-corrected chi connectivity index (χ4v) is 5.76. The summed E-state index contributed by atoms with van der Waals surface area (Å²) in [6, 6.07) is 8.80. The zero-order chi connectivity index (χ0) is 23.3. The van der Waals surface area contributed by atoms with Gasteiger partial charge in [-0.25, -0.2) is 0 Å². The third kappa shape index (κ3) is 3.96. The summed E-state index contributed by atoms with van der Waals surface area (Å²) in [5.74, 6) is 0.300. The smallest absolute Gasteiger partial charge is 0.254 e. The Kier molecular flexibility index (Phi) is 5.97. The van der Waals surface area contributed by atoms with E-state index in [9.17, 15) is 9.59 Å². The zero-order valence-corrected chi connectivity index (χ0v) is 20.6. The topological polar surface area (TPSA) is 68.2 Å². The third-order valence-electron chi connectivity index (χ3n) is 6.39. The lowest BCUT2D eigenvalue weighted by Gasteiger charge is -2.14. The van der Waals surface area contributed by atoms with Gasteiger partial charge in [-0.15, -0.1) is 0 Å². The van der Waals surface area contributed by atoms with E-state index in [1.807, 2.05) is 6.07 Å². The van der Waals surface area contributed by atoms with E-state index in [1.165, 1.54) is 13.3 Å². The molecule has 9 heteroatoms. The van der Waals surface area contributed by atoms with E-state index in [-0.39, 0.29) is 42.1 Å². The highest BCUT2D eigenvalue weighted by Gasteiger charge is 2.59. The number of methoxy groups -OCH3 is 1. The van der Waals surface area contributed by atoms with Crippen LogP contribution in [0.5, 0.6) is 11.5 Å². The Morgan fingerprint density at radius 3 is 2.42 bits per heavy atom. The summed E-state index contributed by atoms with van der Waals surface area (Å²) < 4.78 is 12.1. The van der Waals surface area contributed by atoms with Crippen molar-refractivity contribution < 1.29 is 19.1 Å².